The number of hydrogen-bond acceptors (Lipinski definition) is 3. The molecule has 0 fully saturated rings. The van der Waals surface area contributed by atoms with Gasteiger partial charge in [0.1, 0.15) is 0 Å². The Labute approximate surface area is 129 Å². The fourth-order valence-electron chi connectivity index (χ4n) is 2.06. The Hall–Kier alpha value is -2.07. The van der Waals surface area contributed by atoms with E-state index in [0.717, 1.165) is 12.2 Å². The number of aryl methyl sites for hydroxylation is 2. The van der Waals surface area contributed by atoms with Gasteiger partial charge >= 0.3 is 0 Å². The lowest BCUT2D eigenvalue weighted by Gasteiger charge is -2.07. The predicted octanol–water partition coefficient (Wildman–Crippen LogP) is 3.89. The fourth-order valence-corrected chi connectivity index (χ4v) is 3.01. The van der Waals surface area contributed by atoms with Gasteiger partial charge in [-0.1, -0.05) is 6.08 Å². The van der Waals surface area contributed by atoms with Crippen molar-refractivity contribution < 1.29 is 4.79 Å². The van der Waals surface area contributed by atoms with Gasteiger partial charge in [0.05, 0.1) is 0 Å². The van der Waals surface area contributed by atoms with Gasteiger partial charge < -0.3 is 10.6 Å². The van der Waals surface area contributed by atoms with E-state index in [9.17, 15) is 4.79 Å². The van der Waals surface area contributed by atoms with Crippen LogP contribution in [0.4, 0.5) is 5.69 Å². The molecule has 1 aromatic carbocycles. The minimum absolute atomic E-state index is 0.0780. The standard InChI is InChI=1S/C17H20N2OS/c1-4-9-18-17(20)14-5-7-16(8-6-14)19-11-15-10-12(2)21-13(15)3/h4-8,10,19H,1,9,11H2,2-3H3,(H,18,20). The number of benzene rings is 1. The largest absolute Gasteiger partial charge is 0.381 e. The number of nitrogens with one attached hydrogen (secondary N) is 2. The second-order valence-electron chi connectivity index (χ2n) is 4.87. The number of carbonyl (C=O) groups excluding carboxylic acids is 1. The van der Waals surface area contributed by atoms with E-state index in [1.807, 2.05) is 35.6 Å². The summed E-state index contributed by atoms with van der Waals surface area (Å²) in [4.78, 5) is 14.4. The molecule has 21 heavy (non-hydrogen) atoms. The molecule has 1 amide bonds. The molecule has 4 heteroatoms. The highest BCUT2D eigenvalue weighted by Gasteiger charge is 2.05. The topological polar surface area (TPSA) is 41.1 Å². The minimum Gasteiger partial charge on any atom is -0.381 e. The van der Waals surface area contributed by atoms with Crippen molar-refractivity contribution in [2.24, 2.45) is 0 Å². The second kappa shape index (κ2) is 7.09. The summed E-state index contributed by atoms with van der Waals surface area (Å²) in [5.74, 6) is -0.0780. The smallest absolute Gasteiger partial charge is 0.251 e. The molecule has 2 N–H and O–H groups in total. The summed E-state index contributed by atoms with van der Waals surface area (Å²) in [5.41, 5.74) is 2.99. The maximum Gasteiger partial charge on any atom is 0.251 e. The van der Waals surface area contributed by atoms with E-state index in [1.165, 1.54) is 15.3 Å². The maximum atomic E-state index is 11.8. The second-order valence-corrected chi connectivity index (χ2v) is 6.33. The summed E-state index contributed by atoms with van der Waals surface area (Å²) in [6, 6.07) is 9.72. The van der Waals surface area contributed by atoms with E-state index in [2.05, 4.69) is 37.1 Å². The summed E-state index contributed by atoms with van der Waals surface area (Å²) in [7, 11) is 0. The third-order valence-corrected chi connectivity index (χ3v) is 4.19. The molecule has 0 saturated heterocycles. The van der Waals surface area contributed by atoms with Crippen molar-refractivity contribution >= 4 is 22.9 Å². The van der Waals surface area contributed by atoms with Crippen LogP contribution in [0.2, 0.25) is 0 Å². The van der Waals surface area contributed by atoms with Crippen molar-refractivity contribution in [2.75, 3.05) is 11.9 Å². The quantitative estimate of drug-likeness (QED) is 0.795. The molecule has 0 aliphatic heterocycles. The van der Waals surface area contributed by atoms with Crippen molar-refractivity contribution in [2.45, 2.75) is 20.4 Å². The number of anilines is 1. The molecule has 0 atom stereocenters. The average Bonchev–Trinajstić information content (AvgIpc) is 2.81. The summed E-state index contributed by atoms with van der Waals surface area (Å²) in [5, 5.41) is 6.14. The molecule has 0 saturated carbocycles. The van der Waals surface area contributed by atoms with E-state index in [1.54, 1.807) is 6.08 Å². The van der Waals surface area contributed by atoms with Gasteiger partial charge in [0.15, 0.2) is 0 Å². The third-order valence-electron chi connectivity index (χ3n) is 3.18. The molecule has 0 bridgehead atoms. The highest BCUT2D eigenvalue weighted by molar-refractivity contribution is 7.12. The SMILES string of the molecule is C=CCNC(=O)c1ccc(NCc2cc(C)sc2C)cc1. The maximum absolute atomic E-state index is 11.8. The summed E-state index contributed by atoms with van der Waals surface area (Å²) in [6.07, 6.45) is 1.67. The summed E-state index contributed by atoms with van der Waals surface area (Å²) >= 11 is 1.82. The molecule has 0 aliphatic rings. The number of hydrogen-bond donors (Lipinski definition) is 2. The Kier molecular flexibility index (Phi) is 5.17. The van der Waals surface area contributed by atoms with Crippen molar-refractivity contribution in [3.05, 3.63) is 63.9 Å². The van der Waals surface area contributed by atoms with Crippen molar-refractivity contribution in [1.82, 2.24) is 5.32 Å². The predicted molar refractivity (Wildman–Crippen MR) is 90.1 cm³/mol. The fraction of sp³-hybridized carbons (Fsp3) is 0.235. The Balaban J connectivity index is 1.94. The number of carbonyl (C=O) groups is 1. The zero-order valence-corrected chi connectivity index (χ0v) is 13.2. The Morgan fingerprint density at radius 1 is 1.29 bits per heavy atom. The highest BCUT2D eigenvalue weighted by Crippen LogP contribution is 2.21. The van der Waals surface area contributed by atoms with E-state index in [-0.39, 0.29) is 5.91 Å². The first kappa shape index (κ1) is 15.3. The van der Waals surface area contributed by atoms with Gasteiger partial charge in [-0.25, -0.2) is 0 Å². The zero-order chi connectivity index (χ0) is 15.2. The molecule has 0 unspecified atom stereocenters. The first-order chi connectivity index (χ1) is 10.1. The molecule has 2 aromatic rings. The van der Waals surface area contributed by atoms with Crippen LogP contribution in [0.15, 0.2) is 43.0 Å². The van der Waals surface area contributed by atoms with Crippen LogP contribution in [0.25, 0.3) is 0 Å². The lowest BCUT2D eigenvalue weighted by Crippen LogP contribution is -2.23. The van der Waals surface area contributed by atoms with Crippen LogP contribution in [0.3, 0.4) is 0 Å². The Bertz CT molecular complexity index is 629. The summed E-state index contributed by atoms with van der Waals surface area (Å²) in [6.45, 7) is 9.13. The van der Waals surface area contributed by atoms with Crippen LogP contribution < -0.4 is 10.6 Å². The van der Waals surface area contributed by atoms with Gasteiger partial charge in [-0.05, 0) is 49.7 Å². The molecular formula is C17H20N2OS. The molecule has 3 nitrogen and oxygen atoms in total. The van der Waals surface area contributed by atoms with Gasteiger partial charge in [-0.3, -0.25) is 4.79 Å². The lowest BCUT2D eigenvalue weighted by atomic mass is 10.2. The van der Waals surface area contributed by atoms with Crippen LogP contribution in [0.1, 0.15) is 25.7 Å². The zero-order valence-electron chi connectivity index (χ0n) is 12.4. The van der Waals surface area contributed by atoms with Crippen molar-refractivity contribution in [3.8, 4) is 0 Å². The highest BCUT2D eigenvalue weighted by atomic mass is 32.1. The van der Waals surface area contributed by atoms with Crippen LogP contribution in [-0.2, 0) is 6.54 Å². The van der Waals surface area contributed by atoms with Gasteiger partial charge in [0, 0.05) is 34.1 Å². The van der Waals surface area contributed by atoms with Crippen LogP contribution in [-0.4, -0.2) is 12.5 Å². The Morgan fingerprint density at radius 3 is 2.57 bits per heavy atom. The van der Waals surface area contributed by atoms with E-state index in [0.29, 0.717) is 12.1 Å². The molecule has 0 radical (unpaired) electrons. The normalized spacial score (nSPS) is 10.2. The van der Waals surface area contributed by atoms with Gasteiger partial charge in [0.25, 0.3) is 5.91 Å². The molecule has 0 aliphatic carbocycles. The minimum atomic E-state index is -0.0780. The van der Waals surface area contributed by atoms with Crippen LogP contribution in [0, 0.1) is 13.8 Å². The van der Waals surface area contributed by atoms with Crippen LogP contribution in [0.5, 0.6) is 0 Å². The molecule has 1 heterocycles. The summed E-state index contributed by atoms with van der Waals surface area (Å²) < 4.78 is 0. The molecule has 110 valence electrons. The molecule has 2 rings (SSSR count). The van der Waals surface area contributed by atoms with Crippen LogP contribution >= 0.6 is 11.3 Å². The monoisotopic (exact) mass is 300 g/mol. The van der Waals surface area contributed by atoms with Gasteiger partial charge in [-0.15, -0.1) is 17.9 Å². The van der Waals surface area contributed by atoms with Gasteiger partial charge in [-0.2, -0.15) is 0 Å². The van der Waals surface area contributed by atoms with Gasteiger partial charge in [0.2, 0.25) is 0 Å². The van der Waals surface area contributed by atoms with E-state index < -0.39 is 0 Å². The van der Waals surface area contributed by atoms with Crippen molar-refractivity contribution in [1.29, 1.82) is 0 Å². The average molecular weight is 300 g/mol. The first-order valence-electron chi connectivity index (χ1n) is 6.89. The first-order valence-corrected chi connectivity index (χ1v) is 7.70. The molecular weight excluding hydrogens is 280 g/mol. The molecule has 0 spiro atoms. The molecule has 1 aromatic heterocycles. The van der Waals surface area contributed by atoms with E-state index >= 15 is 0 Å². The number of rotatable bonds is 6. The lowest BCUT2D eigenvalue weighted by molar-refractivity contribution is 0.0958. The Morgan fingerprint density at radius 2 is 2.00 bits per heavy atom. The van der Waals surface area contributed by atoms with Crippen molar-refractivity contribution in [3.63, 3.8) is 0 Å². The third kappa shape index (κ3) is 4.20. The number of thiophene rings is 1. The number of amides is 1. The van der Waals surface area contributed by atoms with E-state index in [4.69, 9.17) is 0 Å².